The van der Waals surface area contributed by atoms with Crippen LogP contribution in [0.2, 0.25) is 0 Å². The molecule has 0 aromatic heterocycles. The maximum Gasteiger partial charge on any atom is 0.407 e. The molecule has 2 rings (SSSR count). The van der Waals surface area contributed by atoms with Gasteiger partial charge in [-0.3, -0.25) is 4.79 Å². The van der Waals surface area contributed by atoms with Gasteiger partial charge in [-0.15, -0.1) is 0 Å². The first-order valence-corrected chi connectivity index (χ1v) is 12.1. The Morgan fingerprint density at radius 1 is 0.848 bits per heavy atom. The van der Waals surface area contributed by atoms with Crippen molar-refractivity contribution in [1.82, 2.24) is 15.4 Å². The van der Waals surface area contributed by atoms with Crippen molar-refractivity contribution in [1.29, 1.82) is 0 Å². The van der Waals surface area contributed by atoms with Gasteiger partial charge in [-0.1, -0.05) is 30.3 Å². The van der Waals surface area contributed by atoms with Crippen LogP contribution in [0.1, 0.15) is 51.9 Å². The lowest BCUT2D eigenvalue weighted by atomic mass is 10.0. The molecule has 0 aliphatic rings. The van der Waals surface area contributed by atoms with Crippen LogP contribution in [-0.4, -0.2) is 44.6 Å². The zero-order chi connectivity index (χ0) is 24.9. The second-order valence-corrected chi connectivity index (χ2v) is 11.3. The molecule has 0 fully saturated rings. The lowest BCUT2D eigenvalue weighted by molar-refractivity contribution is 0.0526. The number of benzene rings is 2. The molecule has 2 amide bonds. The highest BCUT2D eigenvalue weighted by atomic mass is 32.2. The summed E-state index contributed by atoms with van der Waals surface area (Å²) in [5, 5.41) is 5.30. The van der Waals surface area contributed by atoms with E-state index in [0.717, 1.165) is 0 Å². The summed E-state index contributed by atoms with van der Waals surface area (Å²) in [6.45, 7) is 11.1. The minimum atomic E-state index is -3.73. The zero-order valence-electron chi connectivity index (χ0n) is 20.0. The Morgan fingerprint density at radius 2 is 1.42 bits per heavy atom. The van der Waals surface area contributed by atoms with Crippen LogP contribution in [0, 0.1) is 0 Å². The number of sulfonamides is 1. The van der Waals surface area contributed by atoms with Gasteiger partial charge in [-0.05, 0) is 65.3 Å². The Morgan fingerprint density at radius 3 is 2.00 bits per heavy atom. The van der Waals surface area contributed by atoms with Crippen LogP contribution in [0.5, 0.6) is 0 Å². The van der Waals surface area contributed by atoms with Crippen molar-refractivity contribution in [3.05, 3.63) is 54.1 Å². The average molecular weight is 476 g/mol. The van der Waals surface area contributed by atoms with Gasteiger partial charge in [0.25, 0.3) is 5.91 Å². The number of carbonyl (C=O) groups excluding carboxylic acids is 2. The van der Waals surface area contributed by atoms with E-state index < -0.39 is 27.3 Å². The molecule has 2 aromatic carbocycles. The summed E-state index contributed by atoms with van der Waals surface area (Å²) in [4.78, 5) is 24.2. The molecule has 33 heavy (non-hydrogen) atoms. The van der Waals surface area contributed by atoms with E-state index in [4.69, 9.17) is 4.74 Å². The van der Waals surface area contributed by atoms with Crippen molar-refractivity contribution >= 4 is 22.0 Å². The Kier molecular flexibility index (Phi) is 8.26. The smallest absolute Gasteiger partial charge is 0.407 e. The number of hydrogen-bond donors (Lipinski definition) is 3. The zero-order valence-corrected chi connectivity index (χ0v) is 20.8. The fraction of sp³-hybridized carbons (Fsp3) is 0.417. The molecule has 0 saturated carbocycles. The average Bonchev–Trinajstić information content (AvgIpc) is 2.68. The van der Waals surface area contributed by atoms with Crippen molar-refractivity contribution in [3.63, 3.8) is 0 Å². The number of carbonyl (C=O) groups is 2. The van der Waals surface area contributed by atoms with E-state index in [1.165, 1.54) is 0 Å². The molecule has 0 bridgehead atoms. The summed E-state index contributed by atoms with van der Waals surface area (Å²) < 4.78 is 33.6. The topological polar surface area (TPSA) is 114 Å². The lowest BCUT2D eigenvalue weighted by Crippen LogP contribution is -2.40. The molecular formula is C24H33N3O5S. The third kappa shape index (κ3) is 8.51. The number of hydrogen-bond acceptors (Lipinski definition) is 5. The molecule has 0 aliphatic heterocycles. The van der Waals surface area contributed by atoms with Crippen molar-refractivity contribution < 1.29 is 22.7 Å². The molecule has 0 heterocycles. The van der Waals surface area contributed by atoms with Gasteiger partial charge in [0.1, 0.15) is 5.60 Å². The maximum absolute atomic E-state index is 12.9. The van der Waals surface area contributed by atoms with Crippen molar-refractivity contribution in [2.24, 2.45) is 0 Å². The maximum atomic E-state index is 12.9. The number of rotatable bonds is 7. The van der Waals surface area contributed by atoms with Gasteiger partial charge in [0, 0.05) is 29.8 Å². The molecule has 180 valence electrons. The number of alkyl carbamates (subject to hydrolysis) is 1. The van der Waals surface area contributed by atoms with E-state index in [1.807, 2.05) is 0 Å². The number of ether oxygens (including phenoxy) is 1. The van der Waals surface area contributed by atoms with Gasteiger partial charge in [0.15, 0.2) is 0 Å². The van der Waals surface area contributed by atoms with Crippen molar-refractivity contribution in [2.45, 2.75) is 57.6 Å². The number of amides is 2. The summed E-state index contributed by atoms with van der Waals surface area (Å²) in [6.07, 6.45) is -0.546. The Labute approximate surface area is 196 Å². The molecule has 2 aromatic rings. The van der Waals surface area contributed by atoms with E-state index >= 15 is 0 Å². The third-order valence-electron chi connectivity index (χ3n) is 4.15. The summed E-state index contributed by atoms with van der Waals surface area (Å²) in [5.41, 5.74) is 0.433. The summed E-state index contributed by atoms with van der Waals surface area (Å²) in [5.74, 6) is -0.303. The monoisotopic (exact) mass is 475 g/mol. The van der Waals surface area contributed by atoms with Gasteiger partial charge in [0.05, 0.1) is 4.90 Å². The summed E-state index contributed by atoms with van der Waals surface area (Å²) >= 11 is 0. The first-order valence-electron chi connectivity index (χ1n) is 10.7. The van der Waals surface area contributed by atoms with Crippen LogP contribution in [-0.2, 0) is 14.8 Å². The minimum Gasteiger partial charge on any atom is -0.444 e. The van der Waals surface area contributed by atoms with E-state index in [-0.39, 0.29) is 23.9 Å². The van der Waals surface area contributed by atoms with Crippen LogP contribution in [0.4, 0.5) is 4.79 Å². The van der Waals surface area contributed by atoms with Gasteiger partial charge in [-0.25, -0.2) is 17.9 Å². The quantitative estimate of drug-likeness (QED) is 0.529. The van der Waals surface area contributed by atoms with Gasteiger partial charge < -0.3 is 15.4 Å². The Balaban J connectivity index is 2.05. The first kappa shape index (κ1) is 26.3. The largest absolute Gasteiger partial charge is 0.444 e. The minimum absolute atomic E-state index is 0.172. The van der Waals surface area contributed by atoms with E-state index in [9.17, 15) is 18.0 Å². The second-order valence-electron chi connectivity index (χ2n) is 9.61. The standard InChI is InChI=1S/C24H33N3O5S/c1-23(2,3)27-33(30,31)20-10-8-7-9-19(20)17-11-13-18(14-12-17)21(28)25-15-16-26-22(29)32-24(4,5)6/h7-14,27H,15-16H2,1-6H3,(H,25,28)(H,26,29). The van der Waals surface area contributed by atoms with Crippen molar-refractivity contribution in [3.8, 4) is 11.1 Å². The molecule has 0 spiro atoms. The highest BCUT2D eigenvalue weighted by Gasteiger charge is 2.24. The van der Waals surface area contributed by atoms with E-state index in [0.29, 0.717) is 16.7 Å². The SMILES string of the molecule is CC(C)(C)NS(=O)(=O)c1ccccc1-c1ccc(C(=O)NCCNC(=O)OC(C)(C)C)cc1. The molecule has 0 saturated heterocycles. The molecule has 3 N–H and O–H groups in total. The van der Waals surface area contributed by atoms with Gasteiger partial charge in [0.2, 0.25) is 10.0 Å². The summed E-state index contributed by atoms with van der Waals surface area (Å²) in [6, 6.07) is 13.4. The summed E-state index contributed by atoms with van der Waals surface area (Å²) in [7, 11) is -3.73. The molecule has 0 atom stereocenters. The Hall–Kier alpha value is -2.91. The van der Waals surface area contributed by atoms with Gasteiger partial charge in [-0.2, -0.15) is 0 Å². The fourth-order valence-electron chi connectivity index (χ4n) is 2.96. The highest BCUT2D eigenvalue weighted by Crippen LogP contribution is 2.28. The molecular weight excluding hydrogens is 442 g/mol. The molecule has 0 unspecified atom stereocenters. The van der Waals surface area contributed by atoms with E-state index in [1.54, 1.807) is 90.1 Å². The highest BCUT2D eigenvalue weighted by molar-refractivity contribution is 7.89. The lowest BCUT2D eigenvalue weighted by Gasteiger charge is -2.21. The molecule has 8 nitrogen and oxygen atoms in total. The van der Waals surface area contributed by atoms with Crippen LogP contribution < -0.4 is 15.4 Å². The fourth-order valence-corrected chi connectivity index (χ4v) is 4.60. The molecule has 0 radical (unpaired) electrons. The van der Waals surface area contributed by atoms with Crippen LogP contribution >= 0.6 is 0 Å². The normalized spacial score (nSPS) is 12.2. The second kappa shape index (κ2) is 10.4. The predicted octanol–water partition coefficient (Wildman–Crippen LogP) is 3.68. The van der Waals surface area contributed by atoms with Crippen molar-refractivity contribution in [2.75, 3.05) is 13.1 Å². The van der Waals surface area contributed by atoms with Gasteiger partial charge >= 0.3 is 6.09 Å². The predicted molar refractivity (Wildman–Crippen MR) is 129 cm³/mol. The van der Waals surface area contributed by atoms with Crippen LogP contribution in [0.15, 0.2) is 53.4 Å². The van der Waals surface area contributed by atoms with E-state index in [2.05, 4.69) is 15.4 Å². The van der Waals surface area contributed by atoms with Crippen LogP contribution in [0.25, 0.3) is 11.1 Å². The molecule has 9 heteroatoms. The molecule has 0 aliphatic carbocycles. The number of nitrogens with one attached hydrogen (secondary N) is 3. The van der Waals surface area contributed by atoms with Crippen LogP contribution in [0.3, 0.4) is 0 Å². The third-order valence-corrected chi connectivity index (χ3v) is 5.97. The first-order chi connectivity index (χ1) is 15.2. The Bertz CT molecular complexity index is 1080.